The molecule has 0 fully saturated rings. The highest BCUT2D eigenvalue weighted by atomic mass is 32.2. The summed E-state index contributed by atoms with van der Waals surface area (Å²) in [6.07, 6.45) is 0. The second-order valence-electron chi connectivity index (χ2n) is 4.32. The van der Waals surface area contributed by atoms with Gasteiger partial charge in [-0.25, -0.2) is 0 Å². The summed E-state index contributed by atoms with van der Waals surface area (Å²) in [6, 6.07) is 12.7. The Balaban J connectivity index is 2.24. The number of ether oxygens (including phenoxy) is 2. The van der Waals surface area contributed by atoms with Crippen molar-refractivity contribution in [2.24, 2.45) is 0 Å². The average molecular weight is 322 g/mol. The molecule has 0 amide bonds. The van der Waals surface area contributed by atoms with Crippen LogP contribution < -0.4 is 13.7 Å². The van der Waals surface area contributed by atoms with Gasteiger partial charge in [-0.3, -0.25) is 0 Å². The standard InChI is InChI=1S/C16H18O5S/c1-3-19-13-9-11-14(12-10-13)22(17,18)21-16-8-6-5-7-15(16)20-4-2/h5-12H,3-4H2,1-2H3. The summed E-state index contributed by atoms with van der Waals surface area (Å²) < 4.78 is 40.4. The van der Waals surface area contributed by atoms with Crippen molar-refractivity contribution < 1.29 is 22.1 Å². The molecule has 0 radical (unpaired) electrons. The number of para-hydroxylation sites is 2. The minimum atomic E-state index is -3.92. The van der Waals surface area contributed by atoms with Gasteiger partial charge in [0, 0.05) is 0 Å². The van der Waals surface area contributed by atoms with E-state index in [1.54, 1.807) is 36.4 Å². The van der Waals surface area contributed by atoms with Crippen molar-refractivity contribution in [3.05, 3.63) is 48.5 Å². The van der Waals surface area contributed by atoms with E-state index in [1.165, 1.54) is 12.1 Å². The molecule has 2 rings (SSSR count). The molecule has 2 aromatic rings. The van der Waals surface area contributed by atoms with Crippen LogP contribution >= 0.6 is 0 Å². The first kappa shape index (κ1) is 16.2. The van der Waals surface area contributed by atoms with E-state index in [9.17, 15) is 8.42 Å². The van der Waals surface area contributed by atoms with Crippen LogP contribution in [0.5, 0.6) is 17.2 Å². The van der Waals surface area contributed by atoms with Crippen molar-refractivity contribution in [1.82, 2.24) is 0 Å². The average Bonchev–Trinajstić information content (AvgIpc) is 2.50. The van der Waals surface area contributed by atoms with Crippen LogP contribution in [-0.4, -0.2) is 21.6 Å². The Hall–Kier alpha value is -2.21. The molecule has 0 aliphatic rings. The van der Waals surface area contributed by atoms with Crippen LogP contribution in [-0.2, 0) is 10.1 Å². The van der Waals surface area contributed by atoms with Gasteiger partial charge in [-0.1, -0.05) is 12.1 Å². The molecule has 0 spiro atoms. The van der Waals surface area contributed by atoms with Gasteiger partial charge in [0.2, 0.25) is 0 Å². The van der Waals surface area contributed by atoms with E-state index in [4.69, 9.17) is 13.7 Å². The van der Waals surface area contributed by atoms with Crippen LogP contribution in [0.1, 0.15) is 13.8 Å². The molecule has 6 heteroatoms. The molecule has 0 aromatic heterocycles. The molecule has 0 aliphatic carbocycles. The minimum Gasteiger partial charge on any atom is -0.494 e. The lowest BCUT2D eigenvalue weighted by Gasteiger charge is -2.11. The molecule has 0 N–H and O–H groups in total. The minimum absolute atomic E-state index is 0.0576. The molecule has 5 nitrogen and oxygen atoms in total. The molecule has 0 saturated heterocycles. The third kappa shape index (κ3) is 3.92. The largest absolute Gasteiger partial charge is 0.494 e. The molecular formula is C16H18O5S. The molecular weight excluding hydrogens is 304 g/mol. The zero-order chi connectivity index (χ0) is 16.0. The number of rotatable bonds is 7. The third-order valence-corrected chi connectivity index (χ3v) is 4.02. The van der Waals surface area contributed by atoms with Crippen LogP contribution in [0.25, 0.3) is 0 Å². The first-order valence-corrected chi connectivity index (χ1v) is 8.37. The maximum absolute atomic E-state index is 12.3. The van der Waals surface area contributed by atoms with E-state index in [-0.39, 0.29) is 10.6 Å². The second kappa shape index (κ2) is 7.17. The van der Waals surface area contributed by atoms with E-state index in [1.807, 2.05) is 13.8 Å². The van der Waals surface area contributed by atoms with Gasteiger partial charge in [-0.05, 0) is 50.2 Å². The van der Waals surface area contributed by atoms with E-state index < -0.39 is 10.1 Å². The Labute approximate surface area is 130 Å². The van der Waals surface area contributed by atoms with Crippen molar-refractivity contribution in [3.63, 3.8) is 0 Å². The number of hydrogen-bond donors (Lipinski definition) is 0. The Morgan fingerprint density at radius 3 is 2.00 bits per heavy atom. The van der Waals surface area contributed by atoms with Gasteiger partial charge in [0.15, 0.2) is 11.5 Å². The van der Waals surface area contributed by atoms with Crippen LogP contribution in [0, 0.1) is 0 Å². The van der Waals surface area contributed by atoms with Gasteiger partial charge >= 0.3 is 10.1 Å². The Morgan fingerprint density at radius 2 is 1.41 bits per heavy atom. The van der Waals surface area contributed by atoms with Crippen LogP contribution in [0.2, 0.25) is 0 Å². The lowest BCUT2D eigenvalue weighted by molar-refractivity contribution is 0.327. The summed E-state index contributed by atoms with van der Waals surface area (Å²) >= 11 is 0. The zero-order valence-corrected chi connectivity index (χ0v) is 13.3. The Kier molecular flexibility index (Phi) is 5.27. The predicted molar refractivity (Wildman–Crippen MR) is 83.0 cm³/mol. The fourth-order valence-electron chi connectivity index (χ4n) is 1.83. The highest BCUT2D eigenvalue weighted by Crippen LogP contribution is 2.29. The van der Waals surface area contributed by atoms with Gasteiger partial charge in [-0.15, -0.1) is 0 Å². The lowest BCUT2D eigenvalue weighted by atomic mass is 10.3. The Bertz CT molecular complexity index is 708. The first-order chi connectivity index (χ1) is 10.6. The summed E-state index contributed by atoms with van der Waals surface area (Å²) in [7, 11) is -3.92. The van der Waals surface area contributed by atoms with Crippen molar-refractivity contribution >= 4 is 10.1 Å². The van der Waals surface area contributed by atoms with Crippen molar-refractivity contribution in [2.75, 3.05) is 13.2 Å². The van der Waals surface area contributed by atoms with Gasteiger partial charge in [0.25, 0.3) is 0 Å². The first-order valence-electron chi connectivity index (χ1n) is 6.96. The van der Waals surface area contributed by atoms with Gasteiger partial charge in [0.1, 0.15) is 10.6 Å². The summed E-state index contributed by atoms with van der Waals surface area (Å²) in [6.45, 7) is 4.62. The van der Waals surface area contributed by atoms with E-state index in [0.717, 1.165) is 0 Å². The number of hydrogen-bond acceptors (Lipinski definition) is 5. The van der Waals surface area contributed by atoms with Crippen LogP contribution in [0.4, 0.5) is 0 Å². The van der Waals surface area contributed by atoms with Crippen molar-refractivity contribution in [3.8, 4) is 17.2 Å². The molecule has 118 valence electrons. The second-order valence-corrected chi connectivity index (χ2v) is 5.87. The van der Waals surface area contributed by atoms with Gasteiger partial charge < -0.3 is 13.7 Å². The topological polar surface area (TPSA) is 61.8 Å². The van der Waals surface area contributed by atoms with Gasteiger partial charge in [-0.2, -0.15) is 8.42 Å². The zero-order valence-electron chi connectivity index (χ0n) is 12.5. The maximum atomic E-state index is 12.3. The lowest BCUT2D eigenvalue weighted by Crippen LogP contribution is -2.10. The summed E-state index contributed by atoms with van der Waals surface area (Å²) in [5.74, 6) is 1.16. The Morgan fingerprint density at radius 1 is 0.818 bits per heavy atom. The van der Waals surface area contributed by atoms with E-state index >= 15 is 0 Å². The molecule has 0 unspecified atom stereocenters. The fraction of sp³-hybridized carbons (Fsp3) is 0.250. The van der Waals surface area contributed by atoms with Crippen molar-refractivity contribution in [2.45, 2.75) is 18.7 Å². The molecule has 22 heavy (non-hydrogen) atoms. The third-order valence-electron chi connectivity index (χ3n) is 2.77. The van der Waals surface area contributed by atoms with Crippen LogP contribution in [0.3, 0.4) is 0 Å². The molecule has 2 aromatic carbocycles. The summed E-state index contributed by atoms with van der Waals surface area (Å²) in [5, 5.41) is 0. The molecule has 0 aliphatic heterocycles. The summed E-state index contributed by atoms with van der Waals surface area (Å²) in [4.78, 5) is 0.0576. The fourth-order valence-corrected chi connectivity index (χ4v) is 2.77. The molecule has 0 heterocycles. The highest BCUT2D eigenvalue weighted by Gasteiger charge is 2.19. The predicted octanol–water partition coefficient (Wildman–Crippen LogP) is 3.25. The molecule has 0 bridgehead atoms. The quantitative estimate of drug-likeness (QED) is 0.732. The monoisotopic (exact) mass is 322 g/mol. The van der Waals surface area contributed by atoms with E-state index in [0.29, 0.717) is 24.7 Å². The SMILES string of the molecule is CCOc1ccc(S(=O)(=O)Oc2ccccc2OCC)cc1. The smallest absolute Gasteiger partial charge is 0.339 e. The summed E-state index contributed by atoms with van der Waals surface area (Å²) in [5.41, 5.74) is 0. The van der Waals surface area contributed by atoms with Gasteiger partial charge in [0.05, 0.1) is 13.2 Å². The molecule has 0 saturated carbocycles. The van der Waals surface area contributed by atoms with Crippen molar-refractivity contribution in [1.29, 1.82) is 0 Å². The normalized spacial score (nSPS) is 11.0. The highest BCUT2D eigenvalue weighted by molar-refractivity contribution is 7.87. The van der Waals surface area contributed by atoms with E-state index in [2.05, 4.69) is 0 Å². The van der Waals surface area contributed by atoms with Crippen LogP contribution in [0.15, 0.2) is 53.4 Å². The number of benzene rings is 2. The maximum Gasteiger partial charge on any atom is 0.339 e. The molecule has 0 atom stereocenters.